The molecule has 6 heteroatoms. The number of hydrogen-bond acceptors (Lipinski definition) is 5. The standard InChI is InChI=1S/C42H36N2O4/c1-29(2)26-44-42(45)40-36-15-9-10-16-37(36)48-41(40)34-20-18-33(19-21-34)35(25-43)23-32-17-22-38(46-27-30-11-5-3-6-12-30)39(24-32)47-28-31-13-7-4-8-14-31/h3-24,29H,26-28H2,1-2H3,(H,44,45)/b35-23+. The van der Waals surface area contributed by atoms with E-state index in [1.807, 2.05) is 133 Å². The first-order valence-electron chi connectivity index (χ1n) is 16.0. The molecule has 0 aliphatic carbocycles. The zero-order chi connectivity index (χ0) is 33.3. The van der Waals surface area contributed by atoms with Crippen molar-refractivity contribution in [1.29, 1.82) is 5.26 Å². The molecule has 6 aromatic rings. The van der Waals surface area contributed by atoms with Crippen LogP contribution in [0.2, 0.25) is 0 Å². The molecule has 1 N–H and O–H groups in total. The average Bonchev–Trinajstić information content (AvgIpc) is 3.52. The van der Waals surface area contributed by atoms with Crippen LogP contribution in [0, 0.1) is 17.2 Å². The normalized spacial score (nSPS) is 11.3. The Kier molecular flexibility index (Phi) is 9.98. The van der Waals surface area contributed by atoms with Gasteiger partial charge in [0.2, 0.25) is 0 Å². The Labute approximate surface area is 280 Å². The van der Waals surface area contributed by atoms with Crippen LogP contribution in [-0.2, 0) is 13.2 Å². The Morgan fingerprint density at radius 3 is 2.06 bits per heavy atom. The molecule has 6 rings (SSSR count). The zero-order valence-electron chi connectivity index (χ0n) is 27.0. The Bertz CT molecular complexity index is 2070. The van der Waals surface area contributed by atoms with Crippen LogP contribution in [0.1, 0.15) is 46.5 Å². The highest BCUT2D eigenvalue weighted by Gasteiger charge is 2.22. The average molecular weight is 633 g/mol. The lowest BCUT2D eigenvalue weighted by Gasteiger charge is -2.14. The predicted octanol–water partition coefficient (Wildman–Crippen LogP) is 9.71. The van der Waals surface area contributed by atoms with Gasteiger partial charge in [-0.1, -0.05) is 123 Å². The fraction of sp³-hybridized carbons (Fsp3) is 0.143. The number of carbonyl (C=O) groups excluding carboxylic acids is 1. The molecule has 0 aliphatic heterocycles. The lowest BCUT2D eigenvalue weighted by molar-refractivity contribution is 0.0950. The van der Waals surface area contributed by atoms with Crippen LogP contribution < -0.4 is 14.8 Å². The molecule has 0 unspecified atom stereocenters. The highest BCUT2D eigenvalue weighted by Crippen LogP contribution is 2.35. The van der Waals surface area contributed by atoms with Crippen LogP contribution >= 0.6 is 0 Å². The number of fused-ring (bicyclic) bond motifs is 1. The summed E-state index contributed by atoms with van der Waals surface area (Å²) in [6, 6.07) is 43.0. The fourth-order valence-corrected chi connectivity index (χ4v) is 5.32. The summed E-state index contributed by atoms with van der Waals surface area (Å²) >= 11 is 0. The molecule has 1 heterocycles. The van der Waals surface area contributed by atoms with Crippen molar-refractivity contribution in [2.45, 2.75) is 27.1 Å². The van der Waals surface area contributed by atoms with Crippen molar-refractivity contribution in [3.8, 4) is 28.9 Å². The molecule has 1 amide bonds. The second-order valence-corrected chi connectivity index (χ2v) is 11.9. The number of nitrogens with zero attached hydrogens (tertiary/aromatic N) is 1. The second-order valence-electron chi connectivity index (χ2n) is 11.9. The van der Waals surface area contributed by atoms with E-state index in [2.05, 4.69) is 25.2 Å². The number of allylic oxidation sites excluding steroid dienone is 1. The van der Waals surface area contributed by atoms with Crippen molar-refractivity contribution in [3.05, 3.63) is 155 Å². The van der Waals surface area contributed by atoms with Gasteiger partial charge >= 0.3 is 0 Å². The summed E-state index contributed by atoms with van der Waals surface area (Å²) < 4.78 is 18.6. The van der Waals surface area contributed by atoms with E-state index in [0.29, 0.717) is 59.7 Å². The number of nitriles is 1. The van der Waals surface area contributed by atoms with E-state index in [9.17, 15) is 10.1 Å². The van der Waals surface area contributed by atoms with Gasteiger partial charge in [-0.05, 0) is 52.4 Å². The Morgan fingerprint density at radius 1 is 0.792 bits per heavy atom. The molecule has 0 fully saturated rings. The van der Waals surface area contributed by atoms with Gasteiger partial charge in [-0.3, -0.25) is 4.79 Å². The molecule has 0 atom stereocenters. The van der Waals surface area contributed by atoms with Crippen LogP contribution in [0.4, 0.5) is 0 Å². The monoisotopic (exact) mass is 632 g/mol. The summed E-state index contributed by atoms with van der Waals surface area (Å²) in [7, 11) is 0. The van der Waals surface area contributed by atoms with Crippen LogP contribution in [-0.4, -0.2) is 12.5 Å². The summed E-state index contributed by atoms with van der Waals surface area (Å²) in [6.45, 7) is 5.45. The van der Waals surface area contributed by atoms with E-state index >= 15 is 0 Å². The molecule has 238 valence electrons. The molecule has 0 saturated carbocycles. The molecular weight excluding hydrogens is 596 g/mol. The predicted molar refractivity (Wildman–Crippen MR) is 190 cm³/mol. The SMILES string of the molecule is CC(C)CNC(=O)c1c(-c2ccc(/C(C#N)=C/c3ccc(OCc4ccccc4)c(OCc4ccccc4)c3)cc2)oc2ccccc12. The Hall–Kier alpha value is -6.06. The summed E-state index contributed by atoms with van der Waals surface area (Å²) in [4.78, 5) is 13.3. The van der Waals surface area contributed by atoms with Crippen molar-refractivity contribution >= 4 is 28.5 Å². The number of amides is 1. The first kappa shape index (κ1) is 31.9. The number of carbonyl (C=O) groups is 1. The number of hydrogen-bond donors (Lipinski definition) is 1. The largest absolute Gasteiger partial charge is 0.485 e. The van der Waals surface area contributed by atoms with Crippen molar-refractivity contribution in [3.63, 3.8) is 0 Å². The van der Waals surface area contributed by atoms with Gasteiger partial charge in [-0.2, -0.15) is 5.26 Å². The molecule has 6 nitrogen and oxygen atoms in total. The quantitative estimate of drug-likeness (QED) is 0.107. The maximum atomic E-state index is 13.3. The maximum Gasteiger partial charge on any atom is 0.255 e. The van der Waals surface area contributed by atoms with E-state index in [-0.39, 0.29) is 5.91 Å². The summed E-state index contributed by atoms with van der Waals surface area (Å²) in [6.07, 6.45) is 1.83. The zero-order valence-corrected chi connectivity index (χ0v) is 27.0. The molecule has 0 spiro atoms. The topological polar surface area (TPSA) is 84.5 Å². The number of benzene rings is 5. The van der Waals surface area contributed by atoms with Crippen molar-refractivity contribution in [2.75, 3.05) is 6.54 Å². The molecule has 0 radical (unpaired) electrons. The van der Waals surface area contributed by atoms with E-state index in [1.54, 1.807) is 0 Å². The van der Waals surface area contributed by atoms with Crippen LogP contribution in [0.3, 0.4) is 0 Å². The van der Waals surface area contributed by atoms with Crippen LogP contribution in [0.15, 0.2) is 132 Å². The highest BCUT2D eigenvalue weighted by atomic mass is 16.5. The van der Waals surface area contributed by atoms with Crippen molar-refractivity contribution in [2.24, 2.45) is 5.92 Å². The maximum absolute atomic E-state index is 13.3. The van der Waals surface area contributed by atoms with Gasteiger partial charge in [0.05, 0.1) is 17.2 Å². The van der Waals surface area contributed by atoms with E-state index in [4.69, 9.17) is 13.9 Å². The molecular formula is C42H36N2O4. The smallest absolute Gasteiger partial charge is 0.255 e. The minimum absolute atomic E-state index is 0.174. The minimum atomic E-state index is -0.174. The first-order chi connectivity index (χ1) is 23.5. The van der Waals surface area contributed by atoms with Gasteiger partial charge in [0.1, 0.15) is 24.6 Å². The van der Waals surface area contributed by atoms with Gasteiger partial charge in [0.25, 0.3) is 5.91 Å². The molecule has 48 heavy (non-hydrogen) atoms. The lowest BCUT2D eigenvalue weighted by Crippen LogP contribution is -2.27. The van der Waals surface area contributed by atoms with E-state index in [0.717, 1.165) is 33.2 Å². The number of ether oxygens (including phenoxy) is 2. The molecule has 0 bridgehead atoms. The molecule has 0 saturated heterocycles. The van der Waals surface area contributed by atoms with Gasteiger partial charge in [-0.25, -0.2) is 0 Å². The fourth-order valence-electron chi connectivity index (χ4n) is 5.32. The van der Waals surface area contributed by atoms with Gasteiger partial charge in [0, 0.05) is 17.5 Å². The number of nitrogens with one attached hydrogen (secondary N) is 1. The number of para-hydroxylation sites is 1. The summed E-state index contributed by atoms with van der Waals surface area (Å²) in [5.41, 5.74) is 6.00. The van der Waals surface area contributed by atoms with Gasteiger partial charge < -0.3 is 19.2 Å². The Morgan fingerprint density at radius 2 is 1.42 bits per heavy atom. The third-order valence-electron chi connectivity index (χ3n) is 7.83. The van der Waals surface area contributed by atoms with Crippen molar-refractivity contribution in [1.82, 2.24) is 5.32 Å². The van der Waals surface area contributed by atoms with E-state index < -0.39 is 0 Å². The third kappa shape index (κ3) is 7.66. The van der Waals surface area contributed by atoms with E-state index in [1.165, 1.54) is 0 Å². The third-order valence-corrected chi connectivity index (χ3v) is 7.83. The van der Waals surface area contributed by atoms with Gasteiger partial charge in [-0.15, -0.1) is 0 Å². The number of furan rings is 1. The summed E-state index contributed by atoms with van der Waals surface area (Å²) in [5, 5.41) is 14.0. The number of rotatable bonds is 12. The first-order valence-corrected chi connectivity index (χ1v) is 16.0. The molecule has 0 aliphatic rings. The molecule has 5 aromatic carbocycles. The minimum Gasteiger partial charge on any atom is -0.485 e. The van der Waals surface area contributed by atoms with Crippen molar-refractivity contribution < 1.29 is 18.7 Å². The lowest BCUT2D eigenvalue weighted by atomic mass is 9.99. The van der Waals surface area contributed by atoms with Crippen LogP contribution in [0.5, 0.6) is 11.5 Å². The summed E-state index contributed by atoms with van der Waals surface area (Å²) in [5.74, 6) is 1.85. The molecule has 1 aromatic heterocycles. The van der Waals surface area contributed by atoms with Gasteiger partial charge in [0.15, 0.2) is 11.5 Å². The van der Waals surface area contributed by atoms with Crippen LogP contribution in [0.25, 0.3) is 33.9 Å². The Balaban J connectivity index is 1.28. The second kappa shape index (κ2) is 15.0. The highest BCUT2D eigenvalue weighted by molar-refractivity contribution is 6.11.